The Morgan fingerprint density at radius 2 is 1.82 bits per heavy atom. The topological polar surface area (TPSA) is 63.4 Å². The molecule has 0 saturated carbocycles. The second kappa shape index (κ2) is 4.05. The van der Waals surface area contributed by atoms with Crippen LogP contribution in [0.1, 0.15) is 18.5 Å². The Morgan fingerprint density at radius 1 is 1.24 bits per heavy atom. The SMILES string of the molecule is C/C(N)=C1\C(=O)C(=O)N(C)[C@H]1c1ccccc1. The third kappa shape index (κ3) is 1.71. The van der Waals surface area contributed by atoms with Gasteiger partial charge in [0.25, 0.3) is 11.7 Å². The number of nitrogens with two attached hydrogens (primary N) is 1. The first-order valence-electron chi connectivity index (χ1n) is 5.36. The first-order chi connectivity index (χ1) is 8.04. The summed E-state index contributed by atoms with van der Waals surface area (Å²) in [6, 6.07) is 9.05. The van der Waals surface area contributed by atoms with Gasteiger partial charge in [0.05, 0.1) is 11.6 Å². The molecule has 0 radical (unpaired) electrons. The first kappa shape index (κ1) is 11.4. The number of rotatable bonds is 1. The fraction of sp³-hybridized carbons (Fsp3) is 0.231. The number of allylic oxidation sites excluding steroid dienone is 1. The lowest BCUT2D eigenvalue weighted by atomic mass is 9.98. The summed E-state index contributed by atoms with van der Waals surface area (Å²) >= 11 is 0. The fourth-order valence-corrected chi connectivity index (χ4v) is 2.13. The molecule has 1 fully saturated rings. The van der Waals surface area contributed by atoms with Gasteiger partial charge in [0.15, 0.2) is 0 Å². The Bertz CT molecular complexity index is 501. The van der Waals surface area contributed by atoms with Crippen LogP contribution in [0.3, 0.4) is 0 Å². The van der Waals surface area contributed by atoms with Crippen LogP contribution < -0.4 is 5.73 Å². The zero-order valence-corrected chi connectivity index (χ0v) is 9.81. The van der Waals surface area contributed by atoms with E-state index in [2.05, 4.69) is 0 Å². The van der Waals surface area contributed by atoms with Gasteiger partial charge in [0, 0.05) is 12.7 Å². The fourth-order valence-electron chi connectivity index (χ4n) is 2.13. The molecular weight excluding hydrogens is 216 g/mol. The number of amides is 1. The van der Waals surface area contributed by atoms with Gasteiger partial charge in [-0.25, -0.2) is 0 Å². The highest BCUT2D eigenvalue weighted by atomic mass is 16.2. The molecule has 0 bridgehead atoms. The van der Waals surface area contributed by atoms with Crippen LogP contribution in [0, 0.1) is 0 Å². The van der Waals surface area contributed by atoms with E-state index in [1.165, 1.54) is 4.90 Å². The predicted octanol–water partition coefficient (Wildman–Crippen LogP) is 1.00. The highest BCUT2D eigenvalue weighted by Crippen LogP contribution is 2.34. The van der Waals surface area contributed by atoms with Crippen molar-refractivity contribution in [3.05, 3.63) is 47.2 Å². The molecule has 1 amide bonds. The molecule has 1 aromatic carbocycles. The summed E-state index contributed by atoms with van der Waals surface area (Å²) in [7, 11) is 1.62. The number of ketones is 1. The average molecular weight is 230 g/mol. The number of likely N-dealkylation sites (tertiary alicyclic amines) is 1. The zero-order valence-electron chi connectivity index (χ0n) is 9.81. The lowest BCUT2D eigenvalue weighted by Crippen LogP contribution is -2.24. The van der Waals surface area contributed by atoms with Crippen molar-refractivity contribution < 1.29 is 9.59 Å². The van der Waals surface area contributed by atoms with Gasteiger partial charge < -0.3 is 10.6 Å². The van der Waals surface area contributed by atoms with Crippen molar-refractivity contribution in [2.45, 2.75) is 13.0 Å². The molecule has 0 unspecified atom stereocenters. The van der Waals surface area contributed by atoms with E-state index in [0.717, 1.165) is 5.56 Å². The Morgan fingerprint density at radius 3 is 2.35 bits per heavy atom. The maximum absolute atomic E-state index is 11.8. The van der Waals surface area contributed by atoms with E-state index in [-0.39, 0.29) is 6.04 Å². The van der Waals surface area contributed by atoms with Crippen molar-refractivity contribution in [2.24, 2.45) is 5.73 Å². The van der Waals surface area contributed by atoms with E-state index in [9.17, 15) is 9.59 Å². The van der Waals surface area contributed by atoms with Gasteiger partial charge in [-0.1, -0.05) is 30.3 Å². The molecule has 1 aliphatic heterocycles. The van der Waals surface area contributed by atoms with Crippen molar-refractivity contribution in [1.29, 1.82) is 0 Å². The third-order valence-electron chi connectivity index (χ3n) is 2.96. The van der Waals surface area contributed by atoms with Crippen molar-refractivity contribution in [1.82, 2.24) is 4.90 Å². The highest BCUT2D eigenvalue weighted by molar-refractivity contribution is 6.45. The molecule has 2 N–H and O–H groups in total. The molecule has 0 aliphatic carbocycles. The normalized spacial score (nSPS) is 23.2. The third-order valence-corrected chi connectivity index (χ3v) is 2.96. The minimum absolute atomic E-state index is 0.360. The second-order valence-electron chi connectivity index (χ2n) is 4.16. The van der Waals surface area contributed by atoms with Crippen LogP contribution in [0.4, 0.5) is 0 Å². The number of hydrogen-bond donors (Lipinski definition) is 1. The highest BCUT2D eigenvalue weighted by Gasteiger charge is 2.42. The largest absolute Gasteiger partial charge is 0.402 e. The summed E-state index contributed by atoms with van der Waals surface area (Å²) in [6.07, 6.45) is 0. The maximum Gasteiger partial charge on any atom is 0.295 e. The van der Waals surface area contributed by atoms with E-state index >= 15 is 0 Å². The average Bonchev–Trinajstić information content (AvgIpc) is 2.55. The molecule has 2 rings (SSSR count). The summed E-state index contributed by atoms with van der Waals surface area (Å²) in [4.78, 5) is 24.9. The van der Waals surface area contributed by atoms with Gasteiger partial charge in [-0.05, 0) is 12.5 Å². The second-order valence-corrected chi connectivity index (χ2v) is 4.16. The van der Waals surface area contributed by atoms with Gasteiger partial charge in [-0.2, -0.15) is 0 Å². The molecule has 1 heterocycles. The summed E-state index contributed by atoms with van der Waals surface area (Å²) in [5.41, 5.74) is 7.41. The Balaban J connectivity index is 2.56. The minimum Gasteiger partial charge on any atom is -0.402 e. The number of benzene rings is 1. The predicted molar refractivity (Wildman–Crippen MR) is 63.8 cm³/mol. The van der Waals surface area contributed by atoms with Gasteiger partial charge in [0.1, 0.15) is 0 Å². The molecule has 0 spiro atoms. The summed E-state index contributed by atoms with van der Waals surface area (Å²) in [6.45, 7) is 1.65. The summed E-state index contributed by atoms with van der Waals surface area (Å²) in [5, 5.41) is 0. The van der Waals surface area contributed by atoms with E-state index in [1.807, 2.05) is 30.3 Å². The van der Waals surface area contributed by atoms with Gasteiger partial charge in [-0.3, -0.25) is 9.59 Å². The molecule has 4 nitrogen and oxygen atoms in total. The molecular formula is C13H14N2O2. The van der Waals surface area contributed by atoms with Crippen molar-refractivity contribution >= 4 is 11.7 Å². The van der Waals surface area contributed by atoms with E-state index in [4.69, 9.17) is 5.73 Å². The molecule has 0 aromatic heterocycles. The number of nitrogens with zero attached hydrogens (tertiary/aromatic N) is 1. The number of carbonyl (C=O) groups is 2. The summed E-state index contributed by atoms with van der Waals surface area (Å²) < 4.78 is 0. The van der Waals surface area contributed by atoms with Crippen molar-refractivity contribution in [2.75, 3.05) is 7.05 Å². The monoisotopic (exact) mass is 230 g/mol. The van der Waals surface area contributed by atoms with Gasteiger partial charge in [-0.15, -0.1) is 0 Å². The van der Waals surface area contributed by atoms with Crippen LogP contribution in [0.5, 0.6) is 0 Å². The molecule has 88 valence electrons. The van der Waals surface area contributed by atoms with Gasteiger partial charge >= 0.3 is 0 Å². The first-order valence-corrected chi connectivity index (χ1v) is 5.36. The van der Waals surface area contributed by atoms with Crippen LogP contribution in [-0.2, 0) is 9.59 Å². The standard InChI is InChI=1S/C13H14N2O2/c1-8(14)10-11(9-6-4-3-5-7-9)15(2)13(17)12(10)16/h3-7,11H,14H2,1-2H3/b10-8+/t11-/m0/s1. The quantitative estimate of drug-likeness (QED) is 0.578. The molecule has 1 saturated heterocycles. The lowest BCUT2D eigenvalue weighted by molar-refractivity contribution is -0.139. The van der Waals surface area contributed by atoms with E-state index < -0.39 is 11.7 Å². The smallest absolute Gasteiger partial charge is 0.295 e. The number of hydrogen-bond acceptors (Lipinski definition) is 3. The maximum atomic E-state index is 11.8. The molecule has 1 aromatic rings. The van der Waals surface area contributed by atoms with E-state index in [0.29, 0.717) is 11.3 Å². The zero-order chi connectivity index (χ0) is 12.6. The minimum atomic E-state index is -0.501. The van der Waals surface area contributed by atoms with Crippen LogP contribution in [0.25, 0.3) is 0 Å². The summed E-state index contributed by atoms with van der Waals surface area (Å²) in [5.74, 6) is -1.000. The van der Waals surface area contributed by atoms with Crippen LogP contribution in [0.15, 0.2) is 41.6 Å². The molecule has 1 aliphatic rings. The van der Waals surface area contributed by atoms with Gasteiger partial charge in [0.2, 0.25) is 0 Å². The molecule has 1 atom stereocenters. The van der Waals surface area contributed by atoms with Crippen LogP contribution >= 0.6 is 0 Å². The molecule has 4 heteroatoms. The Labute approximate surface area is 99.7 Å². The van der Waals surface area contributed by atoms with Crippen LogP contribution in [0.2, 0.25) is 0 Å². The van der Waals surface area contributed by atoms with E-state index in [1.54, 1.807) is 14.0 Å². The van der Waals surface area contributed by atoms with Crippen molar-refractivity contribution in [3.8, 4) is 0 Å². The number of carbonyl (C=O) groups excluding carboxylic acids is 2. The number of Topliss-reactive ketones (excluding diaryl/α,β-unsaturated/α-hetero) is 1. The lowest BCUT2D eigenvalue weighted by Gasteiger charge is -2.20. The Hall–Kier alpha value is -2.10. The molecule has 17 heavy (non-hydrogen) atoms. The van der Waals surface area contributed by atoms with Crippen LogP contribution in [-0.4, -0.2) is 23.6 Å². The van der Waals surface area contributed by atoms with Crippen molar-refractivity contribution in [3.63, 3.8) is 0 Å². The Kier molecular flexibility index (Phi) is 2.71. The number of likely N-dealkylation sites (N-methyl/N-ethyl adjacent to an activating group) is 1.